The predicted octanol–water partition coefficient (Wildman–Crippen LogP) is 2.58. The van der Waals surface area contributed by atoms with E-state index < -0.39 is 0 Å². The molecule has 6 heteroatoms. The first kappa shape index (κ1) is 19.2. The summed E-state index contributed by atoms with van der Waals surface area (Å²) in [6.07, 6.45) is 6.07. The Morgan fingerprint density at radius 2 is 1.67 bits per heavy atom. The van der Waals surface area contributed by atoms with Gasteiger partial charge in [-0.05, 0) is 37.8 Å². The van der Waals surface area contributed by atoms with Gasteiger partial charge in [-0.25, -0.2) is 0 Å². The molecule has 6 nitrogen and oxygen atoms in total. The van der Waals surface area contributed by atoms with E-state index in [9.17, 15) is 9.59 Å². The van der Waals surface area contributed by atoms with Crippen molar-refractivity contribution >= 4 is 11.8 Å². The average Bonchev–Trinajstić information content (AvgIpc) is 3.01. The van der Waals surface area contributed by atoms with E-state index in [-0.39, 0.29) is 24.3 Å². The van der Waals surface area contributed by atoms with Gasteiger partial charge >= 0.3 is 0 Å². The molecule has 144 valence electrons. The molecule has 0 aromatic heterocycles. The summed E-state index contributed by atoms with van der Waals surface area (Å²) in [5.41, 5.74) is 0.423. The number of likely N-dealkylation sites (tertiary alicyclic amines) is 2. The van der Waals surface area contributed by atoms with E-state index in [1.54, 1.807) is 29.2 Å². The van der Waals surface area contributed by atoms with E-state index in [1.807, 2.05) is 4.90 Å². The molecule has 27 heavy (non-hydrogen) atoms. The van der Waals surface area contributed by atoms with Crippen LogP contribution in [-0.4, -0.2) is 54.4 Å². The van der Waals surface area contributed by atoms with Crippen LogP contribution in [0.2, 0.25) is 0 Å². The van der Waals surface area contributed by atoms with E-state index in [0.29, 0.717) is 24.4 Å². The van der Waals surface area contributed by atoms with Crippen LogP contribution in [-0.2, 0) is 9.59 Å². The van der Waals surface area contributed by atoms with E-state index in [1.165, 1.54) is 12.8 Å². The van der Waals surface area contributed by atoms with Gasteiger partial charge in [0.2, 0.25) is 5.91 Å². The number of carbonyl (C=O) groups is 2. The highest BCUT2D eigenvalue weighted by Gasteiger charge is 2.30. The van der Waals surface area contributed by atoms with E-state index in [0.717, 1.165) is 38.8 Å². The molecule has 1 aromatic rings. The minimum atomic E-state index is -0.0941. The maximum Gasteiger partial charge on any atom is 0.260 e. The van der Waals surface area contributed by atoms with Crippen molar-refractivity contribution < 1.29 is 14.3 Å². The number of hydrogen-bond donors (Lipinski definition) is 0. The highest BCUT2D eigenvalue weighted by molar-refractivity contribution is 5.80. The Bertz CT molecular complexity index is 697. The van der Waals surface area contributed by atoms with E-state index >= 15 is 0 Å². The SMILES string of the molecule is N#Cc1ccccc1OCC(=O)N1CCC(C(=O)N2CCCCCC2)CC1. The van der Waals surface area contributed by atoms with Crippen LogP contribution in [0.15, 0.2) is 24.3 Å². The minimum absolute atomic E-state index is 0.0346. The number of rotatable bonds is 4. The lowest BCUT2D eigenvalue weighted by Gasteiger charge is -2.34. The summed E-state index contributed by atoms with van der Waals surface area (Å²) in [6.45, 7) is 2.86. The van der Waals surface area contributed by atoms with Crippen LogP contribution in [0.3, 0.4) is 0 Å². The van der Waals surface area contributed by atoms with Crippen molar-refractivity contribution in [1.82, 2.24) is 9.80 Å². The molecule has 0 atom stereocenters. The zero-order chi connectivity index (χ0) is 19.1. The molecule has 0 bridgehead atoms. The summed E-state index contributed by atoms with van der Waals surface area (Å²) < 4.78 is 5.54. The summed E-state index contributed by atoms with van der Waals surface area (Å²) >= 11 is 0. The molecule has 2 fully saturated rings. The maximum absolute atomic E-state index is 12.7. The van der Waals surface area contributed by atoms with Gasteiger partial charge in [0.05, 0.1) is 5.56 Å². The third-order valence-corrected chi connectivity index (χ3v) is 5.47. The lowest BCUT2D eigenvalue weighted by molar-refractivity contribution is -0.141. The fourth-order valence-corrected chi connectivity index (χ4v) is 3.84. The number of para-hydroxylation sites is 1. The average molecular weight is 369 g/mol. The maximum atomic E-state index is 12.7. The Kier molecular flexibility index (Phi) is 6.69. The molecular formula is C21H27N3O3. The lowest BCUT2D eigenvalue weighted by Crippen LogP contribution is -2.45. The second kappa shape index (κ2) is 9.40. The molecule has 0 spiro atoms. The molecule has 1 aromatic carbocycles. The predicted molar refractivity (Wildman–Crippen MR) is 101 cm³/mol. The number of nitriles is 1. The van der Waals surface area contributed by atoms with Gasteiger partial charge in [-0.3, -0.25) is 9.59 Å². The van der Waals surface area contributed by atoms with Gasteiger partial charge in [0.15, 0.2) is 6.61 Å². The Balaban J connectivity index is 1.46. The third-order valence-electron chi connectivity index (χ3n) is 5.47. The second-order valence-electron chi connectivity index (χ2n) is 7.29. The lowest BCUT2D eigenvalue weighted by atomic mass is 9.95. The number of hydrogen-bond acceptors (Lipinski definition) is 4. The normalized spacial score (nSPS) is 18.5. The number of benzene rings is 1. The number of nitrogens with zero attached hydrogens (tertiary/aromatic N) is 3. The molecule has 0 aliphatic carbocycles. The first-order valence-electron chi connectivity index (χ1n) is 9.87. The highest BCUT2D eigenvalue weighted by atomic mass is 16.5. The Hall–Kier alpha value is -2.55. The van der Waals surface area contributed by atoms with Crippen molar-refractivity contribution in [2.45, 2.75) is 38.5 Å². The van der Waals surface area contributed by atoms with Crippen LogP contribution >= 0.6 is 0 Å². The summed E-state index contributed by atoms with van der Waals surface area (Å²) in [7, 11) is 0. The van der Waals surface area contributed by atoms with Crippen LogP contribution < -0.4 is 4.74 Å². The van der Waals surface area contributed by atoms with Crippen LogP contribution in [0.4, 0.5) is 0 Å². The van der Waals surface area contributed by atoms with Crippen LogP contribution in [0, 0.1) is 17.2 Å². The summed E-state index contributed by atoms with van der Waals surface area (Å²) in [5, 5.41) is 9.08. The summed E-state index contributed by atoms with van der Waals surface area (Å²) in [5.74, 6) is 0.638. The number of amides is 2. The summed E-state index contributed by atoms with van der Waals surface area (Å²) in [6, 6.07) is 8.96. The molecule has 0 radical (unpaired) electrons. The molecule has 0 saturated carbocycles. The van der Waals surface area contributed by atoms with E-state index in [2.05, 4.69) is 6.07 Å². The Morgan fingerprint density at radius 3 is 2.33 bits per heavy atom. The fraction of sp³-hybridized carbons (Fsp3) is 0.571. The quantitative estimate of drug-likeness (QED) is 0.818. The van der Waals surface area contributed by atoms with Gasteiger partial charge in [0.25, 0.3) is 5.91 Å². The molecule has 3 rings (SSSR count). The zero-order valence-electron chi connectivity index (χ0n) is 15.7. The zero-order valence-corrected chi connectivity index (χ0v) is 15.7. The second-order valence-corrected chi connectivity index (χ2v) is 7.29. The summed E-state index contributed by atoms with van der Waals surface area (Å²) in [4.78, 5) is 28.9. The highest BCUT2D eigenvalue weighted by Crippen LogP contribution is 2.22. The van der Waals surface area contributed by atoms with Crippen molar-refractivity contribution in [1.29, 1.82) is 5.26 Å². The minimum Gasteiger partial charge on any atom is -0.482 e. The van der Waals surface area contributed by atoms with E-state index in [4.69, 9.17) is 10.00 Å². The monoisotopic (exact) mass is 369 g/mol. The molecule has 0 unspecified atom stereocenters. The first-order chi connectivity index (χ1) is 13.2. The molecular weight excluding hydrogens is 342 g/mol. The molecule has 2 saturated heterocycles. The number of piperidine rings is 1. The first-order valence-corrected chi connectivity index (χ1v) is 9.87. The van der Waals surface area contributed by atoms with Crippen LogP contribution in [0.25, 0.3) is 0 Å². The topological polar surface area (TPSA) is 73.6 Å². The van der Waals surface area contributed by atoms with Crippen molar-refractivity contribution in [3.63, 3.8) is 0 Å². The van der Waals surface area contributed by atoms with Crippen molar-refractivity contribution in [3.8, 4) is 11.8 Å². The Morgan fingerprint density at radius 1 is 1.00 bits per heavy atom. The smallest absolute Gasteiger partial charge is 0.260 e. The molecule has 0 N–H and O–H groups in total. The van der Waals surface area contributed by atoms with Gasteiger partial charge in [0, 0.05) is 32.1 Å². The Labute approximate surface area is 160 Å². The van der Waals surface area contributed by atoms with Crippen molar-refractivity contribution in [3.05, 3.63) is 29.8 Å². The molecule has 2 aliphatic rings. The van der Waals surface area contributed by atoms with Gasteiger partial charge in [0.1, 0.15) is 11.8 Å². The standard InChI is InChI=1S/C21H27N3O3/c22-15-18-7-3-4-8-19(18)27-16-20(25)23-13-9-17(10-14-23)21(26)24-11-5-1-2-6-12-24/h3-4,7-8,17H,1-2,5-6,9-14,16H2. The molecule has 2 amide bonds. The number of carbonyl (C=O) groups excluding carboxylic acids is 2. The van der Waals surface area contributed by atoms with Crippen molar-refractivity contribution in [2.75, 3.05) is 32.8 Å². The third kappa shape index (κ3) is 5.00. The van der Waals surface area contributed by atoms with Gasteiger partial charge < -0.3 is 14.5 Å². The van der Waals surface area contributed by atoms with Crippen LogP contribution in [0.1, 0.15) is 44.1 Å². The molecule has 2 heterocycles. The largest absolute Gasteiger partial charge is 0.482 e. The van der Waals surface area contributed by atoms with Gasteiger partial charge in [-0.1, -0.05) is 25.0 Å². The van der Waals surface area contributed by atoms with Gasteiger partial charge in [-0.2, -0.15) is 5.26 Å². The van der Waals surface area contributed by atoms with Gasteiger partial charge in [-0.15, -0.1) is 0 Å². The molecule has 2 aliphatic heterocycles. The fourth-order valence-electron chi connectivity index (χ4n) is 3.84. The van der Waals surface area contributed by atoms with Crippen molar-refractivity contribution in [2.24, 2.45) is 5.92 Å². The number of ether oxygens (including phenoxy) is 1. The van der Waals surface area contributed by atoms with Crippen LogP contribution in [0.5, 0.6) is 5.75 Å².